The molecule has 0 fully saturated rings. The van der Waals surface area contributed by atoms with Crippen LogP contribution in [0.2, 0.25) is 10.2 Å². The van der Waals surface area contributed by atoms with E-state index in [9.17, 15) is 0 Å². The molecule has 0 aliphatic rings. The second-order valence-corrected chi connectivity index (χ2v) is 3.70. The first-order valence-electron chi connectivity index (χ1n) is 4.18. The van der Waals surface area contributed by atoms with Crippen LogP contribution in [-0.2, 0) is 6.54 Å². The van der Waals surface area contributed by atoms with Crippen molar-refractivity contribution >= 4 is 23.2 Å². The molecule has 72 valence electrons. The highest BCUT2D eigenvalue weighted by atomic mass is 35.5. The molecule has 2 nitrogen and oxygen atoms in total. The Kier molecular flexibility index (Phi) is 2.75. The molecule has 2 rings (SSSR count). The Balaban J connectivity index is 2.28. The second kappa shape index (κ2) is 4.03. The fourth-order valence-corrected chi connectivity index (χ4v) is 1.58. The van der Waals surface area contributed by atoms with E-state index in [1.807, 2.05) is 24.3 Å². The zero-order valence-corrected chi connectivity index (χ0v) is 8.83. The van der Waals surface area contributed by atoms with Gasteiger partial charge in [0.2, 0.25) is 0 Å². The number of hydrogen-bond donors (Lipinski definition) is 0. The van der Waals surface area contributed by atoms with Crippen LogP contribution in [0.1, 0.15) is 5.56 Å². The summed E-state index contributed by atoms with van der Waals surface area (Å²) >= 11 is 11.9. The lowest BCUT2D eigenvalue weighted by Crippen LogP contribution is -2.01. The zero-order valence-electron chi connectivity index (χ0n) is 7.32. The molecule has 0 bridgehead atoms. The topological polar surface area (TPSA) is 17.8 Å². The third-order valence-corrected chi connectivity index (χ3v) is 2.63. The van der Waals surface area contributed by atoms with Gasteiger partial charge in [-0.2, -0.15) is 5.10 Å². The van der Waals surface area contributed by atoms with Crippen molar-refractivity contribution in [1.29, 1.82) is 0 Å². The zero-order chi connectivity index (χ0) is 9.97. The van der Waals surface area contributed by atoms with Gasteiger partial charge < -0.3 is 0 Å². The fourth-order valence-electron chi connectivity index (χ4n) is 1.22. The van der Waals surface area contributed by atoms with Crippen molar-refractivity contribution < 1.29 is 0 Å². The molecule has 0 amide bonds. The maximum atomic E-state index is 6.01. The summed E-state index contributed by atoms with van der Waals surface area (Å²) in [6.07, 6.45) is 1.67. The fraction of sp³-hybridized carbons (Fsp3) is 0.100. The van der Waals surface area contributed by atoms with E-state index in [1.165, 1.54) is 0 Å². The Morgan fingerprint density at radius 1 is 1.14 bits per heavy atom. The Hall–Kier alpha value is -0.990. The minimum absolute atomic E-state index is 0.603. The standard InChI is InChI=1S/C10H8Cl2N2/c11-9-4-2-1-3-8(9)7-14-10(12)5-6-13-14/h1-6H,7H2. The monoisotopic (exact) mass is 226 g/mol. The molecule has 1 aromatic carbocycles. The lowest BCUT2D eigenvalue weighted by atomic mass is 10.2. The molecule has 0 atom stereocenters. The van der Waals surface area contributed by atoms with Gasteiger partial charge in [-0.3, -0.25) is 0 Å². The SMILES string of the molecule is Clc1ccccc1Cn1nccc1Cl. The second-order valence-electron chi connectivity index (χ2n) is 2.90. The maximum Gasteiger partial charge on any atom is 0.127 e. The van der Waals surface area contributed by atoms with Crippen LogP contribution in [0.4, 0.5) is 0 Å². The minimum atomic E-state index is 0.603. The van der Waals surface area contributed by atoms with Crippen LogP contribution in [0.5, 0.6) is 0 Å². The smallest absolute Gasteiger partial charge is 0.127 e. The van der Waals surface area contributed by atoms with Gasteiger partial charge >= 0.3 is 0 Å². The molecule has 4 heteroatoms. The van der Waals surface area contributed by atoms with Gasteiger partial charge in [-0.25, -0.2) is 4.68 Å². The molecule has 2 aromatic rings. The van der Waals surface area contributed by atoms with Gasteiger partial charge in [-0.15, -0.1) is 0 Å². The normalized spacial score (nSPS) is 10.4. The largest absolute Gasteiger partial charge is 0.250 e. The van der Waals surface area contributed by atoms with Gasteiger partial charge in [0.25, 0.3) is 0 Å². The first-order chi connectivity index (χ1) is 6.77. The molecular weight excluding hydrogens is 219 g/mol. The van der Waals surface area contributed by atoms with Crippen molar-refractivity contribution in [2.24, 2.45) is 0 Å². The maximum absolute atomic E-state index is 6.01. The average Bonchev–Trinajstić information content (AvgIpc) is 2.56. The molecule has 1 aromatic heterocycles. The van der Waals surface area contributed by atoms with Gasteiger partial charge in [0.15, 0.2) is 0 Å². The van der Waals surface area contributed by atoms with Gasteiger partial charge in [0.05, 0.1) is 12.7 Å². The lowest BCUT2D eigenvalue weighted by molar-refractivity contribution is 0.688. The Bertz CT molecular complexity index is 437. The van der Waals surface area contributed by atoms with E-state index in [0.717, 1.165) is 10.6 Å². The van der Waals surface area contributed by atoms with Crippen LogP contribution in [-0.4, -0.2) is 9.78 Å². The van der Waals surface area contributed by atoms with E-state index in [2.05, 4.69) is 5.10 Å². The summed E-state index contributed by atoms with van der Waals surface area (Å²) in [4.78, 5) is 0. The summed E-state index contributed by atoms with van der Waals surface area (Å²) in [6.45, 7) is 0.603. The lowest BCUT2D eigenvalue weighted by Gasteiger charge is -2.04. The van der Waals surface area contributed by atoms with Crippen molar-refractivity contribution in [2.45, 2.75) is 6.54 Å². The van der Waals surface area contributed by atoms with E-state index in [-0.39, 0.29) is 0 Å². The van der Waals surface area contributed by atoms with Crippen LogP contribution < -0.4 is 0 Å². The molecule has 0 spiro atoms. The predicted octanol–water partition coefficient (Wildman–Crippen LogP) is 3.24. The minimum Gasteiger partial charge on any atom is -0.250 e. The van der Waals surface area contributed by atoms with E-state index in [4.69, 9.17) is 23.2 Å². The van der Waals surface area contributed by atoms with Gasteiger partial charge in [0, 0.05) is 5.02 Å². The number of aromatic nitrogens is 2. The van der Waals surface area contributed by atoms with E-state index in [0.29, 0.717) is 11.7 Å². The average molecular weight is 227 g/mol. The molecule has 1 heterocycles. The molecule has 0 N–H and O–H groups in total. The van der Waals surface area contributed by atoms with Crippen molar-refractivity contribution in [2.75, 3.05) is 0 Å². The number of rotatable bonds is 2. The molecule has 0 aliphatic heterocycles. The Morgan fingerprint density at radius 2 is 1.93 bits per heavy atom. The highest BCUT2D eigenvalue weighted by Gasteiger charge is 2.03. The highest BCUT2D eigenvalue weighted by molar-refractivity contribution is 6.31. The quantitative estimate of drug-likeness (QED) is 0.769. The van der Waals surface area contributed by atoms with Crippen LogP contribution >= 0.6 is 23.2 Å². The predicted molar refractivity (Wildman–Crippen MR) is 57.8 cm³/mol. The summed E-state index contributed by atoms with van der Waals surface area (Å²) in [5, 5.41) is 5.43. The summed E-state index contributed by atoms with van der Waals surface area (Å²) in [5.74, 6) is 0. The molecule has 0 saturated carbocycles. The van der Waals surface area contributed by atoms with Crippen LogP contribution in [0.3, 0.4) is 0 Å². The van der Waals surface area contributed by atoms with Crippen molar-refractivity contribution in [3.8, 4) is 0 Å². The van der Waals surface area contributed by atoms with Gasteiger partial charge in [-0.1, -0.05) is 41.4 Å². The molecule has 14 heavy (non-hydrogen) atoms. The van der Waals surface area contributed by atoms with E-state index in [1.54, 1.807) is 16.9 Å². The molecule has 0 unspecified atom stereocenters. The highest BCUT2D eigenvalue weighted by Crippen LogP contribution is 2.17. The summed E-state index contributed by atoms with van der Waals surface area (Å²) in [7, 11) is 0. The number of benzene rings is 1. The van der Waals surface area contributed by atoms with Crippen LogP contribution in [0.15, 0.2) is 36.5 Å². The number of halogens is 2. The number of nitrogens with zero attached hydrogens (tertiary/aromatic N) is 2. The molecule has 0 radical (unpaired) electrons. The molecule has 0 saturated heterocycles. The third-order valence-electron chi connectivity index (χ3n) is 1.94. The van der Waals surface area contributed by atoms with E-state index < -0.39 is 0 Å². The Morgan fingerprint density at radius 3 is 2.57 bits per heavy atom. The molecular formula is C10H8Cl2N2. The van der Waals surface area contributed by atoms with Crippen molar-refractivity contribution in [3.63, 3.8) is 0 Å². The summed E-state index contributed by atoms with van der Waals surface area (Å²) in [6, 6.07) is 9.40. The number of hydrogen-bond acceptors (Lipinski definition) is 1. The van der Waals surface area contributed by atoms with Crippen molar-refractivity contribution in [3.05, 3.63) is 52.3 Å². The van der Waals surface area contributed by atoms with E-state index >= 15 is 0 Å². The third kappa shape index (κ3) is 1.91. The summed E-state index contributed by atoms with van der Waals surface area (Å²) < 4.78 is 1.70. The molecule has 0 aliphatic carbocycles. The van der Waals surface area contributed by atoms with Gasteiger partial charge in [0.1, 0.15) is 5.15 Å². The Labute approximate surface area is 92.1 Å². The first-order valence-corrected chi connectivity index (χ1v) is 4.93. The summed E-state index contributed by atoms with van der Waals surface area (Å²) in [5.41, 5.74) is 1.01. The van der Waals surface area contributed by atoms with Crippen LogP contribution in [0.25, 0.3) is 0 Å². The first kappa shape index (κ1) is 9.56. The van der Waals surface area contributed by atoms with Crippen molar-refractivity contribution in [1.82, 2.24) is 9.78 Å². The van der Waals surface area contributed by atoms with Crippen LogP contribution in [0, 0.1) is 0 Å². The van der Waals surface area contributed by atoms with Gasteiger partial charge in [-0.05, 0) is 17.7 Å².